The lowest BCUT2D eigenvalue weighted by Gasteiger charge is -2.18. The number of aryl methyl sites for hydroxylation is 2. The van der Waals surface area contributed by atoms with Gasteiger partial charge in [0.05, 0.1) is 24.5 Å². The minimum absolute atomic E-state index is 0.117. The van der Waals surface area contributed by atoms with Gasteiger partial charge >= 0.3 is 6.09 Å². The average molecular weight is 333 g/mol. The minimum Gasteiger partial charge on any atom is -0.506 e. The summed E-state index contributed by atoms with van der Waals surface area (Å²) in [5.74, 6) is 0.879. The first kappa shape index (κ1) is 17.8. The molecule has 0 aliphatic carbocycles. The van der Waals surface area contributed by atoms with E-state index in [2.05, 4.69) is 10.1 Å². The van der Waals surface area contributed by atoms with Crippen molar-refractivity contribution in [1.82, 2.24) is 15.0 Å². The van der Waals surface area contributed by atoms with E-state index in [9.17, 15) is 9.90 Å². The van der Waals surface area contributed by atoms with E-state index in [-0.39, 0.29) is 11.7 Å². The third-order valence-electron chi connectivity index (χ3n) is 3.52. The lowest BCUT2D eigenvalue weighted by atomic mass is 10.1. The molecule has 1 amide bonds. The maximum Gasteiger partial charge on any atom is 0.409 e. The number of nitrogens with zero attached hydrogens (tertiary/aromatic N) is 3. The lowest BCUT2D eigenvalue weighted by Crippen LogP contribution is -2.28. The monoisotopic (exact) mass is 333 g/mol. The van der Waals surface area contributed by atoms with Crippen molar-refractivity contribution in [3.8, 4) is 17.2 Å². The third-order valence-corrected chi connectivity index (χ3v) is 3.52. The van der Waals surface area contributed by atoms with Crippen molar-refractivity contribution in [2.75, 3.05) is 13.7 Å². The Morgan fingerprint density at radius 1 is 1.33 bits per heavy atom. The molecular formula is C17H23N3O4. The number of rotatable bonds is 5. The number of pyridine rings is 1. The summed E-state index contributed by atoms with van der Waals surface area (Å²) >= 11 is 0. The van der Waals surface area contributed by atoms with Crippen molar-refractivity contribution in [1.29, 1.82) is 0 Å². The Labute approximate surface area is 141 Å². The van der Waals surface area contributed by atoms with Gasteiger partial charge < -0.3 is 19.3 Å². The first-order valence-corrected chi connectivity index (χ1v) is 7.79. The zero-order chi connectivity index (χ0) is 17.9. The van der Waals surface area contributed by atoms with Crippen LogP contribution in [0.5, 0.6) is 5.75 Å². The Morgan fingerprint density at radius 2 is 2.04 bits per heavy atom. The molecule has 0 unspecified atom stereocenters. The molecule has 1 N–H and O–H groups in total. The number of aromatic nitrogens is 2. The van der Waals surface area contributed by atoms with Crippen molar-refractivity contribution in [3.05, 3.63) is 29.1 Å². The van der Waals surface area contributed by atoms with Crippen LogP contribution in [0.4, 0.5) is 4.79 Å². The summed E-state index contributed by atoms with van der Waals surface area (Å²) in [7, 11) is 1.66. The molecule has 2 aromatic heterocycles. The summed E-state index contributed by atoms with van der Waals surface area (Å²) < 4.78 is 10.6. The van der Waals surface area contributed by atoms with Crippen LogP contribution in [-0.2, 0) is 11.3 Å². The van der Waals surface area contributed by atoms with Gasteiger partial charge in [-0.15, -0.1) is 0 Å². The molecule has 0 aliphatic heterocycles. The van der Waals surface area contributed by atoms with Crippen molar-refractivity contribution >= 4 is 6.09 Å². The van der Waals surface area contributed by atoms with Gasteiger partial charge in [-0.05, 0) is 31.9 Å². The third kappa shape index (κ3) is 4.04. The SMILES string of the molecule is Cc1nc(-c2onc(C)c2CN(C)C(=O)OCC(C)C)ccc1O. The maximum absolute atomic E-state index is 12.0. The van der Waals surface area contributed by atoms with E-state index in [1.807, 2.05) is 20.8 Å². The highest BCUT2D eigenvalue weighted by atomic mass is 16.6. The Bertz CT molecular complexity index is 725. The van der Waals surface area contributed by atoms with Crippen LogP contribution < -0.4 is 0 Å². The summed E-state index contributed by atoms with van der Waals surface area (Å²) in [6.45, 7) is 8.14. The topological polar surface area (TPSA) is 88.7 Å². The Kier molecular flexibility index (Phi) is 5.43. The van der Waals surface area contributed by atoms with Gasteiger partial charge in [-0.1, -0.05) is 19.0 Å². The number of carbonyl (C=O) groups is 1. The Morgan fingerprint density at radius 3 is 2.67 bits per heavy atom. The normalized spacial score (nSPS) is 10.9. The van der Waals surface area contributed by atoms with Crippen LogP contribution in [0.25, 0.3) is 11.5 Å². The van der Waals surface area contributed by atoms with Gasteiger partial charge in [0.1, 0.15) is 11.4 Å². The molecule has 7 heteroatoms. The molecule has 0 radical (unpaired) electrons. The van der Waals surface area contributed by atoms with Gasteiger partial charge in [-0.2, -0.15) is 0 Å². The molecule has 2 heterocycles. The molecule has 0 aliphatic rings. The number of hydrogen-bond acceptors (Lipinski definition) is 6. The van der Waals surface area contributed by atoms with Crippen LogP contribution in [-0.4, -0.2) is 39.9 Å². The number of aromatic hydroxyl groups is 1. The van der Waals surface area contributed by atoms with Crippen LogP contribution in [0.2, 0.25) is 0 Å². The molecular weight excluding hydrogens is 310 g/mol. The Balaban J connectivity index is 2.20. The van der Waals surface area contributed by atoms with Crippen LogP contribution in [0, 0.1) is 19.8 Å². The first-order valence-electron chi connectivity index (χ1n) is 7.79. The fourth-order valence-corrected chi connectivity index (χ4v) is 2.11. The molecule has 0 spiro atoms. The van der Waals surface area contributed by atoms with Crippen molar-refractivity contribution in [3.63, 3.8) is 0 Å². The van der Waals surface area contributed by atoms with Crippen molar-refractivity contribution in [2.45, 2.75) is 34.2 Å². The van der Waals surface area contributed by atoms with E-state index in [1.165, 1.54) is 4.90 Å². The molecule has 130 valence electrons. The van der Waals surface area contributed by atoms with Crippen LogP contribution >= 0.6 is 0 Å². The largest absolute Gasteiger partial charge is 0.506 e. The molecule has 2 rings (SSSR count). The summed E-state index contributed by atoms with van der Waals surface area (Å²) in [6, 6.07) is 3.21. The molecule has 0 atom stereocenters. The summed E-state index contributed by atoms with van der Waals surface area (Å²) in [5.41, 5.74) is 2.50. The van der Waals surface area contributed by atoms with Gasteiger partial charge in [0.2, 0.25) is 0 Å². The smallest absolute Gasteiger partial charge is 0.409 e. The molecule has 24 heavy (non-hydrogen) atoms. The molecule has 0 bridgehead atoms. The summed E-state index contributed by atoms with van der Waals surface area (Å²) in [5, 5.41) is 13.6. The number of carbonyl (C=O) groups excluding carboxylic acids is 1. The first-order chi connectivity index (χ1) is 11.3. The zero-order valence-electron chi connectivity index (χ0n) is 14.7. The van der Waals surface area contributed by atoms with Gasteiger partial charge in [0.15, 0.2) is 5.76 Å². The second-order valence-corrected chi connectivity index (χ2v) is 6.20. The van der Waals surface area contributed by atoms with E-state index < -0.39 is 6.09 Å². The van der Waals surface area contributed by atoms with Crippen molar-refractivity contribution < 1.29 is 19.2 Å². The number of ether oxygens (including phenoxy) is 1. The maximum atomic E-state index is 12.0. The van der Waals surface area contributed by atoms with E-state index in [0.717, 1.165) is 5.56 Å². The van der Waals surface area contributed by atoms with Crippen LogP contribution in [0.3, 0.4) is 0 Å². The van der Waals surface area contributed by atoms with E-state index in [0.29, 0.717) is 36.0 Å². The van der Waals surface area contributed by atoms with E-state index >= 15 is 0 Å². The molecule has 7 nitrogen and oxygen atoms in total. The second kappa shape index (κ2) is 7.33. The lowest BCUT2D eigenvalue weighted by molar-refractivity contribution is 0.0980. The summed E-state index contributed by atoms with van der Waals surface area (Å²) in [4.78, 5) is 17.8. The van der Waals surface area contributed by atoms with Gasteiger partial charge in [-0.3, -0.25) is 0 Å². The zero-order valence-corrected chi connectivity index (χ0v) is 14.7. The van der Waals surface area contributed by atoms with E-state index in [4.69, 9.17) is 9.26 Å². The molecule has 2 aromatic rings. The van der Waals surface area contributed by atoms with Gasteiger partial charge in [-0.25, -0.2) is 9.78 Å². The second-order valence-electron chi connectivity index (χ2n) is 6.20. The average Bonchev–Trinajstić information content (AvgIpc) is 2.88. The molecule has 0 saturated carbocycles. The van der Waals surface area contributed by atoms with E-state index in [1.54, 1.807) is 26.1 Å². The summed E-state index contributed by atoms with van der Waals surface area (Å²) in [6.07, 6.45) is -0.398. The highest BCUT2D eigenvalue weighted by molar-refractivity contribution is 5.68. The highest BCUT2D eigenvalue weighted by Gasteiger charge is 2.21. The minimum atomic E-state index is -0.398. The highest BCUT2D eigenvalue weighted by Crippen LogP contribution is 2.28. The fourth-order valence-electron chi connectivity index (χ4n) is 2.11. The number of hydrogen-bond donors (Lipinski definition) is 1. The predicted octanol–water partition coefficient (Wildman–Crippen LogP) is 3.28. The molecule has 0 fully saturated rings. The van der Waals surface area contributed by atoms with Gasteiger partial charge in [0, 0.05) is 12.6 Å². The predicted molar refractivity (Wildman–Crippen MR) is 88.5 cm³/mol. The quantitative estimate of drug-likeness (QED) is 0.903. The fraction of sp³-hybridized carbons (Fsp3) is 0.471. The van der Waals surface area contributed by atoms with Crippen LogP contribution in [0.15, 0.2) is 16.7 Å². The van der Waals surface area contributed by atoms with Crippen molar-refractivity contribution in [2.24, 2.45) is 5.92 Å². The number of amides is 1. The molecule has 0 saturated heterocycles. The van der Waals surface area contributed by atoms with Crippen LogP contribution in [0.1, 0.15) is 30.8 Å². The van der Waals surface area contributed by atoms with Gasteiger partial charge in [0.25, 0.3) is 0 Å². The molecule has 0 aromatic carbocycles. The Hall–Kier alpha value is -2.57. The standard InChI is InChI=1S/C17H23N3O4/c1-10(2)9-23-17(22)20(5)8-13-11(3)19-24-16(13)14-6-7-15(21)12(4)18-14/h6-7,10,21H,8-9H2,1-5H3.